The standard InChI is InChI=1S/C24H28N2O3/c1-6-16-7-9-20-19(13-16)23(2,3)24(25-22(27)15-26(20)24)12-11-17-14-18(28-4)8-10-21(17)29-5/h7-14H,6,15H2,1-5H3,(H,25,27)/t24-/m0/s1. The highest BCUT2D eigenvalue weighted by atomic mass is 16.5. The second-order valence-corrected chi connectivity index (χ2v) is 8.17. The number of fused-ring (bicyclic) bond motifs is 3. The molecule has 2 aromatic carbocycles. The summed E-state index contributed by atoms with van der Waals surface area (Å²) in [6, 6.07) is 12.3. The number of methoxy groups -OCH3 is 2. The van der Waals surface area contributed by atoms with Gasteiger partial charge in [-0.2, -0.15) is 0 Å². The van der Waals surface area contributed by atoms with E-state index in [1.807, 2.05) is 24.3 Å². The molecule has 4 rings (SSSR count). The highest BCUT2D eigenvalue weighted by Crippen LogP contribution is 2.53. The summed E-state index contributed by atoms with van der Waals surface area (Å²) in [4.78, 5) is 14.7. The molecule has 2 aliphatic heterocycles. The number of ether oxygens (including phenoxy) is 2. The summed E-state index contributed by atoms with van der Waals surface area (Å²) in [6.07, 6.45) is 5.11. The SMILES string of the molecule is CCc1ccc2c(c1)C(C)(C)[C@@]1(C=Cc3cc(OC)ccc3OC)NC(=O)CN21. The van der Waals surface area contributed by atoms with Crippen molar-refractivity contribution in [3.8, 4) is 11.5 Å². The Bertz CT molecular complexity index is 996. The van der Waals surface area contributed by atoms with Gasteiger partial charge in [-0.1, -0.05) is 39.0 Å². The second kappa shape index (κ2) is 6.83. The van der Waals surface area contributed by atoms with E-state index in [-0.39, 0.29) is 11.3 Å². The van der Waals surface area contributed by atoms with Crippen molar-refractivity contribution in [3.05, 3.63) is 59.2 Å². The van der Waals surface area contributed by atoms with Crippen LogP contribution in [0.2, 0.25) is 0 Å². The van der Waals surface area contributed by atoms with Gasteiger partial charge in [-0.05, 0) is 47.9 Å². The Morgan fingerprint density at radius 3 is 2.62 bits per heavy atom. The molecule has 1 atom stereocenters. The number of carbonyl (C=O) groups excluding carboxylic acids is 1. The summed E-state index contributed by atoms with van der Waals surface area (Å²) in [7, 11) is 3.30. The molecule has 0 aromatic heterocycles. The topological polar surface area (TPSA) is 50.8 Å². The summed E-state index contributed by atoms with van der Waals surface area (Å²) in [5, 5.41) is 3.27. The van der Waals surface area contributed by atoms with Crippen molar-refractivity contribution in [1.29, 1.82) is 0 Å². The zero-order chi connectivity index (χ0) is 20.8. The first kappa shape index (κ1) is 19.4. The quantitative estimate of drug-likeness (QED) is 0.838. The fourth-order valence-corrected chi connectivity index (χ4v) is 4.62. The van der Waals surface area contributed by atoms with Gasteiger partial charge in [0.25, 0.3) is 0 Å². The molecule has 29 heavy (non-hydrogen) atoms. The molecule has 2 aromatic rings. The molecule has 1 amide bonds. The lowest BCUT2D eigenvalue weighted by atomic mass is 9.75. The van der Waals surface area contributed by atoms with E-state index in [1.165, 1.54) is 11.1 Å². The minimum Gasteiger partial charge on any atom is -0.497 e. The lowest BCUT2D eigenvalue weighted by molar-refractivity contribution is -0.118. The summed E-state index contributed by atoms with van der Waals surface area (Å²) in [5.41, 5.74) is 3.66. The number of hydrogen-bond acceptors (Lipinski definition) is 4. The predicted octanol–water partition coefficient (Wildman–Crippen LogP) is 3.90. The van der Waals surface area contributed by atoms with Crippen LogP contribution in [0.4, 0.5) is 5.69 Å². The molecule has 0 unspecified atom stereocenters. The molecule has 1 fully saturated rings. The Balaban J connectivity index is 1.83. The van der Waals surface area contributed by atoms with Gasteiger partial charge in [-0.15, -0.1) is 0 Å². The van der Waals surface area contributed by atoms with E-state index in [1.54, 1.807) is 14.2 Å². The molecule has 5 heteroatoms. The van der Waals surface area contributed by atoms with Gasteiger partial charge in [0.2, 0.25) is 5.91 Å². The summed E-state index contributed by atoms with van der Waals surface area (Å²) in [5.74, 6) is 1.55. The number of nitrogens with one attached hydrogen (secondary N) is 1. The van der Waals surface area contributed by atoms with E-state index in [0.717, 1.165) is 29.2 Å². The second-order valence-electron chi connectivity index (χ2n) is 8.17. The maximum atomic E-state index is 12.5. The zero-order valence-electron chi connectivity index (χ0n) is 17.7. The lowest BCUT2D eigenvalue weighted by Crippen LogP contribution is -2.58. The highest BCUT2D eigenvalue weighted by Gasteiger charge is 2.59. The van der Waals surface area contributed by atoms with Gasteiger partial charge in [0.1, 0.15) is 17.2 Å². The van der Waals surface area contributed by atoms with E-state index in [9.17, 15) is 4.79 Å². The number of benzene rings is 2. The molecular weight excluding hydrogens is 364 g/mol. The molecule has 2 heterocycles. The first-order valence-electron chi connectivity index (χ1n) is 9.99. The van der Waals surface area contributed by atoms with Crippen LogP contribution in [-0.2, 0) is 16.6 Å². The van der Waals surface area contributed by atoms with Crippen molar-refractivity contribution in [1.82, 2.24) is 5.32 Å². The Morgan fingerprint density at radius 2 is 1.93 bits per heavy atom. The molecule has 0 aliphatic carbocycles. The lowest BCUT2D eigenvalue weighted by Gasteiger charge is -2.40. The predicted molar refractivity (Wildman–Crippen MR) is 116 cm³/mol. The van der Waals surface area contributed by atoms with Crippen molar-refractivity contribution < 1.29 is 14.3 Å². The number of aryl methyl sites for hydroxylation is 1. The van der Waals surface area contributed by atoms with E-state index in [4.69, 9.17) is 9.47 Å². The average molecular weight is 392 g/mol. The Morgan fingerprint density at radius 1 is 1.14 bits per heavy atom. The van der Waals surface area contributed by atoms with Crippen LogP contribution >= 0.6 is 0 Å². The molecule has 0 spiro atoms. The van der Waals surface area contributed by atoms with Crippen LogP contribution < -0.4 is 19.7 Å². The van der Waals surface area contributed by atoms with Gasteiger partial charge < -0.3 is 19.7 Å². The Labute approximate surface area is 172 Å². The normalized spacial score (nSPS) is 21.8. The smallest absolute Gasteiger partial charge is 0.241 e. The van der Waals surface area contributed by atoms with E-state index < -0.39 is 5.66 Å². The largest absolute Gasteiger partial charge is 0.497 e. The fraction of sp³-hybridized carbons (Fsp3) is 0.375. The average Bonchev–Trinajstić information content (AvgIpc) is 3.16. The molecular formula is C24H28N2O3. The van der Waals surface area contributed by atoms with Gasteiger partial charge >= 0.3 is 0 Å². The third kappa shape index (κ3) is 2.79. The molecule has 152 valence electrons. The van der Waals surface area contributed by atoms with Crippen molar-refractivity contribution in [2.45, 2.75) is 38.3 Å². The number of hydrogen-bond donors (Lipinski definition) is 1. The molecule has 5 nitrogen and oxygen atoms in total. The first-order chi connectivity index (χ1) is 13.9. The van der Waals surface area contributed by atoms with Gasteiger partial charge in [0.05, 0.1) is 20.8 Å². The third-order valence-electron chi connectivity index (χ3n) is 6.38. The summed E-state index contributed by atoms with van der Waals surface area (Å²) in [6.45, 7) is 6.91. The third-order valence-corrected chi connectivity index (χ3v) is 6.38. The zero-order valence-corrected chi connectivity index (χ0v) is 17.7. The van der Waals surface area contributed by atoms with Crippen molar-refractivity contribution in [2.24, 2.45) is 0 Å². The van der Waals surface area contributed by atoms with Crippen LogP contribution in [0, 0.1) is 0 Å². The van der Waals surface area contributed by atoms with Crippen molar-refractivity contribution >= 4 is 17.7 Å². The number of anilines is 1. The Hall–Kier alpha value is -2.95. The first-order valence-corrected chi connectivity index (χ1v) is 9.99. The van der Waals surface area contributed by atoms with Gasteiger partial charge in [0, 0.05) is 16.7 Å². The fourth-order valence-electron chi connectivity index (χ4n) is 4.62. The summed E-state index contributed by atoms with van der Waals surface area (Å²) < 4.78 is 10.9. The number of amides is 1. The van der Waals surface area contributed by atoms with Crippen LogP contribution in [0.15, 0.2) is 42.5 Å². The van der Waals surface area contributed by atoms with Gasteiger partial charge in [-0.3, -0.25) is 4.79 Å². The number of carbonyl (C=O) groups is 1. The van der Waals surface area contributed by atoms with Crippen LogP contribution in [-0.4, -0.2) is 32.3 Å². The van der Waals surface area contributed by atoms with Crippen molar-refractivity contribution in [3.63, 3.8) is 0 Å². The monoisotopic (exact) mass is 392 g/mol. The highest BCUT2D eigenvalue weighted by molar-refractivity contribution is 5.91. The summed E-state index contributed by atoms with van der Waals surface area (Å²) >= 11 is 0. The minimum absolute atomic E-state index is 0.0329. The van der Waals surface area contributed by atoms with Crippen LogP contribution in [0.5, 0.6) is 11.5 Å². The number of rotatable bonds is 5. The maximum absolute atomic E-state index is 12.5. The van der Waals surface area contributed by atoms with Crippen LogP contribution in [0.3, 0.4) is 0 Å². The maximum Gasteiger partial charge on any atom is 0.241 e. The van der Waals surface area contributed by atoms with E-state index in [2.05, 4.69) is 55.3 Å². The molecule has 2 aliphatic rings. The molecule has 0 radical (unpaired) electrons. The molecule has 1 N–H and O–H groups in total. The van der Waals surface area contributed by atoms with E-state index in [0.29, 0.717) is 6.54 Å². The van der Waals surface area contributed by atoms with E-state index >= 15 is 0 Å². The molecule has 0 saturated carbocycles. The van der Waals surface area contributed by atoms with Crippen molar-refractivity contribution in [2.75, 3.05) is 25.7 Å². The minimum atomic E-state index is -0.632. The van der Waals surface area contributed by atoms with Gasteiger partial charge in [0.15, 0.2) is 0 Å². The van der Waals surface area contributed by atoms with Crippen LogP contribution in [0.25, 0.3) is 6.08 Å². The molecule has 1 saturated heterocycles. The number of nitrogens with zero attached hydrogens (tertiary/aromatic N) is 1. The van der Waals surface area contributed by atoms with Gasteiger partial charge in [-0.25, -0.2) is 0 Å². The Kier molecular flexibility index (Phi) is 4.56. The molecule has 0 bridgehead atoms. The van der Waals surface area contributed by atoms with Crippen LogP contribution in [0.1, 0.15) is 37.5 Å².